The zero-order valence-corrected chi connectivity index (χ0v) is 33.9. The normalized spacial score (nSPS) is 54.3. The third kappa shape index (κ3) is 7.12. The van der Waals surface area contributed by atoms with Gasteiger partial charge in [-0.05, 0) is 81.6 Å². The number of cyclic esters (lactones) is 1. The molecule has 22 atom stereocenters. The van der Waals surface area contributed by atoms with E-state index in [1.807, 2.05) is 0 Å². The number of hydrogen-bond donors (Lipinski definition) is 10. The van der Waals surface area contributed by atoms with Crippen LogP contribution in [0.2, 0.25) is 0 Å². The summed E-state index contributed by atoms with van der Waals surface area (Å²) in [6.07, 6.45) is -14.6. The number of aliphatic hydroxyl groups excluding tert-OH is 8. The quantitative estimate of drug-likeness (QED) is 0.0613. The zero-order valence-electron chi connectivity index (χ0n) is 33.9. The van der Waals surface area contributed by atoms with Gasteiger partial charge in [-0.15, -0.1) is 0 Å². The smallest absolute Gasteiger partial charge is 0.331 e. The van der Waals surface area contributed by atoms with Gasteiger partial charge < -0.3 is 89.0 Å². The van der Waals surface area contributed by atoms with Crippen LogP contribution in [0.1, 0.15) is 78.1 Å². The van der Waals surface area contributed by atoms with Crippen LogP contribution in [0.25, 0.3) is 0 Å². The van der Waals surface area contributed by atoms with Crippen LogP contribution >= 0.6 is 0 Å². The summed E-state index contributed by atoms with van der Waals surface area (Å²) in [6.45, 7) is 2.44. The first-order valence-corrected chi connectivity index (χ1v) is 21.5. The van der Waals surface area contributed by atoms with Crippen molar-refractivity contribution >= 4 is 12.3 Å². The molecule has 0 radical (unpaired) electrons. The van der Waals surface area contributed by atoms with Crippen molar-refractivity contribution in [2.24, 2.45) is 28.6 Å². The maximum atomic E-state index is 13.3. The summed E-state index contributed by atoms with van der Waals surface area (Å²) in [7, 11) is 0. The predicted molar refractivity (Wildman–Crippen MR) is 199 cm³/mol. The number of fused-ring (bicyclic) bond motifs is 5. The molecule has 0 bridgehead atoms. The number of carbonyl (C=O) groups excluding carboxylic acids is 2. The van der Waals surface area contributed by atoms with Gasteiger partial charge in [-0.1, -0.05) is 6.92 Å². The SMILES string of the molecule is CC1OC(OC2CCC3(C=O)C4CCC5(C)C(C6=CC(=O)OC6)CCC5(O)C4CCC3(O)C2)CC(O)C1OC1OC(CO)C(O)C(OC2OC(CO)C(O)C(O)C2O)C1O. The molecule has 0 aromatic carbocycles. The van der Waals surface area contributed by atoms with Gasteiger partial charge in [0.2, 0.25) is 0 Å². The highest BCUT2D eigenvalue weighted by atomic mass is 16.8. The molecule has 60 heavy (non-hydrogen) atoms. The minimum Gasteiger partial charge on any atom is -0.458 e. The van der Waals surface area contributed by atoms with Gasteiger partial charge in [0.1, 0.15) is 67.8 Å². The Balaban J connectivity index is 0.895. The number of esters is 1. The molecule has 0 amide bonds. The van der Waals surface area contributed by atoms with Crippen molar-refractivity contribution in [1.82, 2.24) is 0 Å². The molecule has 4 aliphatic carbocycles. The Morgan fingerprint density at radius 2 is 1.43 bits per heavy atom. The maximum absolute atomic E-state index is 13.3. The molecule has 4 aliphatic heterocycles. The fourth-order valence-electron chi connectivity index (χ4n) is 12.8. The van der Waals surface area contributed by atoms with Gasteiger partial charge >= 0.3 is 5.97 Å². The lowest BCUT2D eigenvalue weighted by atomic mass is 9.41. The summed E-state index contributed by atoms with van der Waals surface area (Å²) in [5.74, 6) is -0.832. The van der Waals surface area contributed by atoms with Crippen LogP contribution in [-0.2, 0) is 42.7 Å². The standard InChI is InChI=1S/C41H62O19/c1-18-34(59-37-33(51)35(30(48)26(15-43)58-37)60-36-32(50)31(49)29(47)25(14-42)57-36)24(45)12-28(55-18)56-20-3-8-39(17-44)22-4-7-38(2)21(19-11-27(46)54-16-19)6-10-41(38,53)23(22)5-9-40(39,52)13-20/h11,17-18,20-26,28-37,42-43,45,47-53H,3-10,12-16H2,1-2H3. The van der Waals surface area contributed by atoms with E-state index < -0.39 is 127 Å². The van der Waals surface area contributed by atoms with Gasteiger partial charge in [-0.2, -0.15) is 0 Å². The Kier molecular flexibility index (Phi) is 12.4. The molecule has 8 rings (SSSR count). The molecule has 4 saturated carbocycles. The summed E-state index contributed by atoms with van der Waals surface area (Å²) in [5, 5.41) is 109. The van der Waals surface area contributed by atoms with E-state index in [1.54, 1.807) is 13.0 Å². The van der Waals surface area contributed by atoms with Gasteiger partial charge in [0.05, 0.1) is 48.1 Å². The van der Waals surface area contributed by atoms with Crippen LogP contribution in [0.5, 0.6) is 0 Å². The summed E-state index contributed by atoms with van der Waals surface area (Å²) in [5.41, 5.74) is -3.17. The van der Waals surface area contributed by atoms with Crippen molar-refractivity contribution in [2.75, 3.05) is 19.8 Å². The summed E-state index contributed by atoms with van der Waals surface area (Å²) in [4.78, 5) is 25.2. The van der Waals surface area contributed by atoms with Crippen molar-refractivity contribution in [1.29, 1.82) is 0 Å². The molecule has 10 N–H and O–H groups in total. The second-order valence-electron chi connectivity index (χ2n) is 18.9. The Morgan fingerprint density at radius 1 is 0.767 bits per heavy atom. The van der Waals surface area contributed by atoms with Crippen molar-refractivity contribution in [3.05, 3.63) is 11.6 Å². The molecule has 22 unspecified atom stereocenters. The molecule has 0 spiro atoms. The molecule has 19 nitrogen and oxygen atoms in total. The van der Waals surface area contributed by atoms with Gasteiger partial charge in [-0.3, -0.25) is 0 Å². The van der Waals surface area contributed by atoms with Gasteiger partial charge in [-0.25, -0.2) is 4.79 Å². The fourth-order valence-corrected chi connectivity index (χ4v) is 12.8. The van der Waals surface area contributed by atoms with Crippen LogP contribution in [0.15, 0.2) is 11.6 Å². The number of aliphatic hydroxyl groups is 10. The van der Waals surface area contributed by atoms with Gasteiger partial charge in [0.25, 0.3) is 0 Å². The molecule has 19 heteroatoms. The number of aldehydes is 1. The van der Waals surface area contributed by atoms with Crippen LogP contribution in [0.4, 0.5) is 0 Å². The van der Waals surface area contributed by atoms with Crippen LogP contribution in [0, 0.1) is 28.6 Å². The number of ether oxygens (including phenoxy) is 7. The number of rotatable bonds is 10. The molecule has 8 aliphatic rings. The van der Waals surface area contributed by atoms with Gasteiger partial charge in [0.15, 0.2) is 18.9 Å². The lowest BCUT2D eigenvalue weighted by molar-refractivity contribution is -0.374. The molecule has 340 valence electrons. The van der Waals surface area contributed by atoms with Crippen molar-refractivity contribution in [3.8, 4) is 0 Å². The van der Waals surface area contributed by atoms with Gasteiger partial charge in [0, 0.05) is 24.3 Å². The highest BCUT2D eigenvalue weighted by molar-refractivity contribution is 5.85. The average Bonchev–Trinajstić information content (AvgIpc) is 3.76. The largest absolute Gasteiger partial charge is 0.458 e. The molecule has 0 aromatic rings. The van der Waals surface area contributed by atoms with Crippen LogP contribution < -0.4 is 0 Å². The first-order chi connectivity index (χ1) is 28.4. The first kappa shape index (κ1) is 44.8. The molecule has 3 saturated heterocycles. The second kappa shape index (κ2) is 16.7. The Hall–Kier alpha value is -1.76. The molecular weight excluding hydrogens is 796 g/mol. The van der Waals surface area contributed by atoms with E-state index in [0.717, 1.165) is 11.9 Å². The Labute approximate surface area is 347 Å². The highest BCUT2D eigenvalue weighted by Gasteiger charge is 2.71. The highest BCUT2D eigenvalue weighted by Crippen LogP contribution is 2.70. The zero-order chi connectivity index (χ0) is 43.1. The molecule has 4 heterocycles. The second-order valence-corrected chi connectivity index (χ2v) is 18.9. The number of carbonyl (C=O) groups is 2. The van der Waals surface area contributed by atoms with E-state index in [1.165, 1.54) is 0 Å². The van der Waals surface area contributed by atoms with E-state index in [9.17, 15) is 60.7 Å². The molecular formula is C41H62O19. The minimum absolute atomic E-state index is 0.00754. The van der Waals surface area contributed by atoms with E-state index in [-0.39, 0.29) is 49.6 Å². The Bertz CT molecular complexity index is 1600. The third-order valence-electron chi connectivity index (χ3n) is 16.1. The van der Waals surface area contributed by atoms with Crippen LogP contribution in [0.3, 0.4) is 0 Å². The number of hydrogen-bond acceptors (Lipinski definition) is 19. The maximum Gasteiger partial charge on any atom is 0.331 e. The third-order valence-corrected chi connectivity index (χ3v) is 16.1. The van der Waals surface area contributed by atoms with Crippen molar-refractivity contribution < 1.29 is 93.8 Å². The molecule has 7 fully saturated rings. The lowest BCUT2D eigenvalue weighted by Crippen LogP contribution is -2.69. The topological polar surface area (TPSA) is 301 Å². The summed E-state index contributed by atoms with van der Waals surface area (Å²) >= 11 is 0. The monoisotopic (exact) mass is 858 g/mol. The lowest BCUT2D eigenvalue weighted by Gasteiger charge is -2.65. The van der Waals surface area contributed by atoms with E-state index >= 15 is 0 Å². The summed E-state index contributed by atoms with van der Waals surface area (Å²) < 4.78 is 40.4. The summed E-state index contributed by atoms with van der Waals surface area (Å²) in [6, 6.07) is 0. The van der Waals surface area contributed by atoms with E-state index in [0.29, 0.717) is 44.9 Å². The fraction of sp³-hybridized carbons (Fsp3) is 0.902. The molecule has 0 aromatic heterocycles. The predicted octanol–water partition coefficient (Wildman–Crippen LogP) is -2.57. The van der Waals surface area contributed by atoms with E-state index in [2.05, 4.69) is 6.92 Å². The van der Waals surface area contributed by atoms with Crippen molar-refractivity contribution in [3.63, 3.8) is 0 Å². The first-order valence-electron chi connectivity index (χ1n) is 21.5. The van der Waals surface area contributed by atoms with Crippen LogP contribution in [-0.4, -0.2) is 186 Å². The minimum atomic E-state index is -1.85. The van der Waals surface area contributed by atoms with E-state index in [4.69, 9.17) is 33.2 Å². The Morgan fingerprint density at radius 3 is 2.08 bits per heavy atom. The average molecular weight is 859 g/mol. The van der Waals surface area contributed by atoms with Crippen molar-refractivity contribution in [2.45, 2.75) is 181 Å².